The molecule has 3 N–H and O–H groups in total. The molecule has 86 valence electrons. The van der Waals surface area contributed by atoms with Crippen molar-refractivity contribution in [3.05, 3.63) is 29.8 Å². The largest absolute Gasteiger partial charge is 0.393 e. The van der Waals surface area contributed by atoms with Crippen LogP contribution in [0.3, 0.4) is 0 Å². The van der Waals surface area contributed by atoms with Crippen LogP contribution in [0.2, 0.25) is 0 Å². The topological polar surface area (TPSA) is 68.0 Å². The fourth-order valence-electron chi connectivity index (χ4n) is 1.20. The molecule has 0 bridgehead atoms. The number of carbonyl (C=O) groups is 1. The van der Waals surface area contributed by atoms with E-state index in [1.165, 1.54) is 6.20 Å². The highest BCUT2D eigenvalue weighted by Gasteiger charge is 2.11. The van der Waals surface area contributed by atoms with Gasteiger partial charge in [-0.1, -0.05) is 12.2 Å². The lowest BCUT2D eigenvalue weighted by atomic mass is 10.2. The number of carbonyl (C=O) groups excluding carboxylic acids is 1. The highest BCUT2D eigenvalue weighted by atomic mass is 32.1. The van der Waals surface area contributed by atoms with Gasteiger partial charge in [0.25, 0.3) is 5.91 Å². The summed E-state index contributed by atoms with van der Waals surface area (Å²) in [6.45, 7) is 1.77. The van der Waals surface area contributed by atoms with Crippen molar-refractivity contribution in [3.63, 3.8) is 0 Å². The quantitative estimate of drug-likeness (QED) is 0.772. The molecule has 1 heterocycles. The molecule has 1 unspecified atom stereocenters. The molecule has 0 radical (unpaired) electrons. The zero-order valence-electron chi connectivity index (χ0n) is 8.74. The van der Waals surface area contributed by atoms with Crippen LogP contribution >= 0.6 is 12.2 Å². The van der Waals surface area contributed by atoms with Gasteiger partial charge in [-0.3, -0.25) is 9.78 Å². The first-order chi connectivity index (χ1) is 7.49. The zero-order chi connectivity index (χ0) is 12.1. The lowest BCUT2D eigenvalue weighted by molar-refractivity contribution is 0.0940. The van der Waals surface area contributed by atoms with Crippen LogP contribution in [-0.2, 0) is 0 Å². The summed E-state index contributed by atoms with van der Waals surface area (Å²) in [4.78, 5) is 15.5. The molecular weight excluding hydrogens is 229 g/mol. The molecular formula is C10H12FN3OS. The van der Waals surface area contributed by atoms with Crippen LogP contribution in [-0.4, -0.2) is 21.9 Å². The number of rotatable bonds is 4. The number of nitrogens with two attached hydrogens (primary N) is 1. The van der Waals surface area contributed by atoms with E-state index in [-0.39, 0.29) is 11.6 Å². The highest BCUT2D eigenvalue weighted by Crippen LogP contribution is 2.02. The third kappa shape index (κ3) is 3.90. The number of hydrogen-bond acceptors (Lipinski definition) is 3. The second-order valence-corrected chi connectivity index (χ2v) is 3.96. The van der Waals surface area contributed by atoms with Crippen molar-refractivity contribution in [1.29, 1.82) is 0 Å². The molecule has 0 saturated carbocycles. The predicted molar refractivity (Wildman–Crippen MR) is 62.5 cm³/mol. The summed E-state index contributed by atoms with van der Waals surface area (Å²) < 4.78 is 12.8. The summed E-state index contributed by atoms with van der Waals surface area (Å²) in [5, 5.41) is 2.64. The summed E-state index contributed by atoms with van der Waals surface area (Å²) in [5.41, 5.74) is 5.52. The Bertz CT molecular complexity index is 411. The number of nitrogens with zero attached hydrogens (tertiary/aromatic N) is 1. The van der Waals surface area contributed by atoms with Crippen molar-refractivity contribution in [3.8, 4) is 0 Å². The van der Waals surface area contributed by atoms with Crippen LogP contribution in [0.5, 0.6) is 0 Å². The van der Waals surface area contributed by atoms with E-state index in [1.54, 1.807) is 6.92 Å². The Morgan fingerprint density at radius 2 is 2.38 bits per heavy atom. The maximum Gasteiger partial charge on any atom is 0.253 e. The van der Waals surface area contributed by atoms with Gasteiger partial charge in [-0.15, -0.1) is 0 Å². The number of pyridine rings is 1. The number of amides is 1. The summed E-state index contributed by atoms with van der Waals surface area (Å²) in [6, 6.07) is 0.934. The van der Waals surface area contributed by atoms with Crippen LogP contribution in [0.4, 0.5) is 4.39 Å². The minimum Gasteiger partial charge on any atom is -0.393 e. The molecule has 6 heteroatoms. The average molecular weight is 241 g/mol. The summed E-state index contributed by atoms with van der Waals surface area (Å²) >= 11 is 4.72. The van der Waals surface area contributed by atoms with Crippen LogP contribution in [0.15, 0.2) is 18.5 Å². The number of aromatic nitrogens is 1. The fraction of sp³-hybridized carbons (Fsp3) is 0.300. The van der Waals surface area contributed by atoms with Gasteiger partial charge in [-0.05, 0) is 13.0 Å². The van der Waals surface area contributed by atoms with E-state index in [4.69, 9.17) is 18.0 Å². The Kier molecular flexibility index (Phi) is 4.30. The molecule has 0 aliphatic rings. The summed E-state index contributed by atoms with van der Waals surface area (Å²) in [5.74, 6) is -0.939. The molecule has 0 saturated heterocycles. The third-order valence-electron chi connectivity index (χ3n) is 1.85. The van der Waals surface area contributed by atoms with E-state index in [0.29, 0.717) is 11.4 Å². The molecule has 1 amide bonds. The van der Waals surface area contributed by atoms with Gasteiger partial charge < -0.3 is 11.1 Å². The zero-order valence-corrected chi connectivity index (χ0v) is 9.55. The molecule has 0 aliphatic carbocycles. The van der Waals surface area contributed by atoms with Gasteiger partial charge in [0.05, 0.1) is 16.7 Å². The lowest BCUT2D eigenvalue weighted by Crippen LogP contribution is -2.35. The normalized spacial score (nSPS) is 11.9. The number of halogens is 1. The molecule has 1 aromatic rings. The SMILES string of the molecule is CC(CC(N)=S)NC(=O)c1cncc(F)c1. The van der Waals surface area contributed by atoms with Crippen LogP contribution in [0.25, 0.3) is 0 Å². The molecule has 0 spiro atoms. The van der Waals surface area contributed by atoms with Gasteiger partial charge in [0.1, 0.15) is 5.82 Å². The molecule has 0 aliphatic heterocycles. The molecule has 0 aromatic carbocycles. The Morgan fingerprint density at radius 3 is 2.94 bits per heavy atom. The van der Waals surface area contributed by atoms with Crippen molar-refractivity contribution in [2.75, 3.05) is 0 Å². The van der Waals surface area contributed by atoms with Gasteiger partial charge in [0, 0.05) is 18.7 Å². The molecule has 16 heavy (non-hydrogen) atoms. The maximum absolute atomic E-state index is 12.8. The Balaban J connectivity index is 2.62. The van der Waals surface area contributed by atoms with Crippen LogP contribution in [0.1, 0.15) is 23.7 Å². The van der Waals surface area contributed by atoms with E-state index in [1.807, 2.05) is 0 Å². The molecule has 1 atom stereocenters. The van der Waals surface area contributed by atoms with E-state index < -0.39 is 11.7 Å². The van der Waals surface area contributed by atoms with Crippen molar-refractivity contribution in [1.82, 2.24) is 10.3 Å². The highest BCUT2D eigenvalue weighted by molar-refractivity contribution is 7.80. The number of thiocarbonyl (C=S) groups is 1. The van der Waals surface area contributed by atoms with Crippen molar-refractivity contribution in [2.45, 2.75) is 19.4 Å². The predicted octanol–water partition coefficient (Wildman–Crippen LogP) is 1.02. The van der Waals surface area contributed by atoms with Crippen LogP contribution in [0, 0.1) is 5.82 Å². The van der Waals surface area contributed by atoms with Gasteiger partial charge in [-0.2, -0.15) is 0 Å². The summed E-state index contributed by atoms with van der Waals surface area (Å²) in [7, 11) is 0. The fourth-order valence-corrected chi connectivity index (χ4v) is 1.45. The van der Waals surface area contributed by atoms with E-state index in [9.17, 15) is 9.18 Å². The Hall–Kier alpha value is -1.56. The first kappa shape index (κ1) is 12.5. The smallest absolute Gasteiger partial charge is 0.253 e. The molecule has 1 rings (SSSR count). The number of nitrogens with one attached hydrogen (secondary N) is 1. The molecule has 0 fully saturated rings. The summed E-state index contributed by atoms with van der Waals surface area (Å²) in [6.07, 6.45) is 2.74. The molecule has 1 aromatic heterocycles. The Labute approximate surface area is 98.1 Å². The first-order valence-corrected chi connectivity index (χ1v) is 5.09. The van der Waals surface area contributed by atoms with Gasteiger partial charge in [-0.25, -0.2) is 4.39 Å². The first-order valence-electron chi connectivity index (χ1n) is 4.68. The van der Waals surface area contributed by atoms with E-state index in [2.05, 4.69) is 10.3 Å². The van der Waals surface area contributed by atoms with Crippen molar-refractivity contribution >= 4 is 23.1 Å². The van der Waals surface area contributed by atoms with Crippen molar-refractivity contribution < 1.29 is 9.18 Å². The van der Waals surface area contributed by atoms with Crippen LogP contribution < -0.4 is 11.1 Å². The van der Waals surface area contributed by atoms with Gasteiger partial charge in [0.2, 0.25) is 0 Å². The van der Waals surface area contributed by atoms with E-state index in [0.717, 1.165) is 12.3 Å². The number of hydrogen-bond donors (Lipinski definition) is 2. The third-order valence-corrected chi connectivity index (χ3v) is 2.02. The Morgan fingerprint density at radius 1 is 1.69 bits per heavy atom. The van der Waals surface area contributed by atoms with E-state index >= 15 is 0 Å². The monoisotopic (exact) mass is 241 g/mol. The minimum atomic E-state index is -0.547. The maximum atomic E-state index is 12.8. The second kappa shape index (κ2) is 5.50. The second-order valence-electron chi connectivity index (χ2n) is 3.44. The van der Waals surface area contributed by atoms with Gasteiger partial charge >= 0.3 is 0 Å². The van der Waals surface area contributed by atoms with Crippen molar-refractivity contribution in [2.24, 2.45) is 5.73 Å². The standard InChI is InChI=1S/C10H12FN3OS/c1-6(2-9(12)16)14-10(15)7-3-8(11)5-13-4-7/h3-6H,2H2,1H3,(H2,12,16)(H,14,15). The van der Waals surface area contributed by atoms with Gasteiger partial charge in [0.15, 0.2) is 0 Å². The molecule has 4 nitrogen and oxygen atoms in total. The minimum absolute atomic E-state index is 0.176. The average Bonchev–Trinajstić information content (AvgIpc) is 2.16. The lowest BCUT2D eigenvalue weighted by Gasteiger charge is -2.12.